The first kappa shape index (κ1) is 30.3. The lowest BCUT2D eigenvalue weighted by Crippen LogP contribution is -2.51. The maximum Gasteiger partial charge on any atom is 0.264 e. The Hall–Kier alpha value is -4.70. The van der Waals surface area contributed by atoms with Crippen molar-refractivity contribution < 1.29 is 27.1 Å². The highest BCUT2D eigenvalue weighted by molar-refractivity contribution is 7.92. The van der Waals surface area contributed by atoms with E-state index in [4.69, 9.17) is 4.74 Å². The molecule has 10 heteroatoms. The number of halogens is 1. The summed E-state index contributed by atoms with van der Waals surface area (Å²) in [6.45, 7) is 2.74. The van der Waals surface area contributed by atoms with E-state index in [2.05, 4.69) is 5.32 Å². The van der Waals surface area contributed by atoms with Crippen LogP contribution in [0.25, 0.3) is 0 Å². The topological polar surface area (TPSA) is 96.0 Å². The van der Waals surface area contributed by atoms with Gasteiger partial charge in [0, 0.05) is 18.7 Å². The Labute approximate surface area is 245 Å². The van der Waals surface area contributed by atoms with Gasteiger partial charge in [-0.25, -0.2) is 12.8 Å². The summed E-state index contributed by atoms with van der Waals surface area (Å²) >= 11 is 0. The smallest absolute Gasteiger partial charge is 0.264 e. The summed E-state index contributed by atoms with van der Waals surface area (Å²) in [6.07, 6.45) is 0. The van der Waals surface area contributed by atoms with Crippen LogP contribution < -0.4 is 14.4 Å². The molecule has 0 aliphatic carbocycles. The van der Waals surface area contributed by atoms with Gasteiger partial charge in [-0.1, -0.05) is 54.6 Å². The van der Waals surface area contributed by atoms with Crippen molar-refractivity contribution in [1.29, 1.82) is 0 Å². The Morgan fingerprint density at radius 3 is 2.02 bits per heavy atom. The van der Waals surface area contributed by atoms with Gasteiger partial charge in [0.15, 0.2) is 0 Å². The summed E-state index contributed by atoms with van der Waals surface area (Å²) in [5, 5.41) is 2.68. The number of carbonyl (C=O) groups is 2. The van der Waals surface area contributed by atoms with Crippen LogP contribution in [0.5, 0.6) is 11.5 Å². The number of amides is 2. The van der Waals surface area contributed by atoms with E-state index in [-0.39, 0.29) is 22.7 Å². The highest BCUT2D eigenvalue weighted by atomic mass is 32.2. The molecule has 218 valence electrons. The molecule has 0 unspecified atom stereocenters. The lowest BCUT2D eigenvalue weighted by atomic mass is 10.1. The van der Waals surface area contributed by atoms with Crippen molar-refractivity contribution in [3.63, 3.8) is 0 Å². The lowest BCUT2D eigenvalue weighted by molar-refractivity contribution is -0.139. The van der Waals surface area contributed by atoms with Gasteiger partial charge in [0.05, 0.1) is 10.6 Å². The largest absolute Gasteiger partial charge is 0.457 e. The second-order valence-corrected chi connectivity index (χ2v) is 11.3. The quantitative estimate of drug-likeness (QED) is 0.240. The third-order valence-corrected chi connectivity index (χ3v) is 8.32. The van der Waals surface area contributed by atoms with E-state index in [1.54, 1.807) is 67.6 Å². The Morgan fingerprint density at radius 1 is 0.833 bits per heavy atom. The molecule has 4 aromatic rings. The molecular weight excluding hydrogens is 557 g/mol. The fourth-order valence-electron chi connectivity index (χ4n) is 4.27. The van der Waals surface area contributed by atoms with Crippen molar-refractivity contribution in [2.75, 3.05) is 17.4 Å². The molecule has 0 saturated carbocycles. The molecule has 0 saturated heterocycles. The minimum atomic E-state index is -4.22. The van der Waals surface area contributed by atoms with Gasteiger partial charge in [0.2, 0.25) is 11.8 Å². The van der Waals surface area contributed by atoms with Crippen molar-refractivity contribution in [1.82, 2.24) is 10.2 Å². The fraction of sp³-hybridized carbons (Fsp3) is 0.188. The summed E-state index contributed by atoms with van der Waals surface area (Å²) < 4.78 is 49.2. The van der Waals surface area contributed by atoms with Gasteiger partial charge in [-0.15, -0.1) is 0 Å². The number of nitrogens with one attached hydrogen (secondary N) is 1. The van der Waals surface area contributed by atoms with E-state index in [1.165, 1.54) is 42.2 Å². The Bertz CT molecular complexity index is 1600. The molecule has 1 N–H and O–H groups in total. The molecule has 4 aromatic carbocycles. The number of ether oxygens (including phenoxy) is 1. The summed E-state index contributed by atoms with van der Waals surface area (Å²) in [4.78, 5) is 27.8. The minimum absolute atomic E-state index is 0.0140. The van der Waals surface area contributed by atoms with Gasteiger partial charge in [0.1, 0.15) is 29.9 Å². The molecule has 0 aromatic heterocycles. The van der Waals surface area contributed by atoms with E-state index in [9.17, 15) is 22.4 Å². The number of hydrogen-bond donors (Lipinski definition) is 1. The van der Waals surface area contributed by atoms with Crippen molar-refractivity contribution in [3.05, 3.63) is 121 Å². The first-order valence-corrected chi connectivity index (χ1v) is 14.9. The molecule has 1 atom stereocenters. The monoisotopic (exact) mass is 589 g/mol. The zero-order chi connectivity index (χ0) is 30.1. The number of benzene rings is 4. The first-order chi connectivity index (χ1) is 20.2. The number of carbonyl (C=O) groups excluding carboxylic acids is 2. The van der Waals surface area contributed by atoms with E-state index in [1.807, 2.05) is 18.2 Å². The molecule has 0 aliphatic rings. The second-order valence-electron chi connectivity index (χ2n) is 9.42. The predicted molar refractivity (Wildman–Crippen MR) is 159 cm³/mol. The van der Waals surface area contributed by atoms with E-state index in [0.717, 1.165) is 4.31 Å². The molecule has 0 radical (unpaired) electrons. The number of para-hydroxylation sites is 1. The molecule has 0 bridgehead atoms. The number of rotatable bonds is 12. The maximum absolute atomic E-state index is 14.6. The number of likely N-dealkylation sites (N-methyl/N-ethyl adjacent to an activating group) is 1. The highest BCUT2D eigenvalue weighted by Gasteiger charge is 2.32. The van der Waals surface area contributed by atoms with Crippen LogP contribution in [0.3, 0.4) is 0 Å². The SMILES string of the molecule is CCNC(=O)[C@@H](C)N(Cc1ccccc1F)C(=O)CN(c1ccc(Oc2ccccc2)cc1)S(=O)(=O)c1ccccc1. The Morgan fingerprint density at radius 2 is 1.40 bits per heavy atom. The van der Waals surface area contributed by atoms with Crippen molar-refractivity contribution in [2.45, 2.75) is 31.3 Å². The number of anilines is 1. The van der Waals surface area contributed by atoms with Gasteiger partial charge in [-0.2, -0.15) is 0 Å². The molecule has 8 nitrogen and oxygen atoms in total. The van der Waals surface area contributed by atoms with E-state index in [0.29, 0.717) is 18.0 Å². The van der Waals surface area contributed by atoms with Crippen LogP contribution in [0.1, 0.15) is 19.4 Å². The zero-order valence-corrected chi connectivity index (χ0v) is 24.1. The van der Waals surface area contributed by atoms with Gasteiger partial charge < -0.3 is 15.0 Å². The van der Waals surface area contributed by atoms with Crippen LogP contribution in [0.15, 0.2) is 114 Å². The molecule has 0 heterocycles. The maximum atomic E-state index is 14.6. The Kier molecular flexibility index (Phi) is 9.93. The predicted octanol–water partition coefficient (Wildman–Crippen LogP) is 5.37. The van der Waals surface area contributed by atoms with Crippen molar-refractivity contribution in [2.24, 2.45) is 0 Å². The highest BCUT2D eigenvalue weighted by Crippen LogP contribution is 2.28. The second kappa shape index (κ2) is 13.8. The number of hydrogen-bond acceptors (Lipinski definition) is 5. The summed E-state index contributed by atoms with van der Waals surface area (Å²) in [6, 6.07) is 28.1. The first-order valence-electron chi connectivity index (χ1n) is 13.4. The standard InChI is InChI=1S/C32H32FN3O5S/c1-3-34-32(38)24(2)35(22-25-12-10-11-17-30(25)33)31(37)23-36(42(39,40)29-15-8-5-9-16-29)26-18-20-28(21-19-26)41-27-13-6-4-7-14-27/h4-21,24H,3,22-23H2,1-2H3,(H,34,38)/t24-/m1/s1. The summed E-state index contributed by atoms with van der Waals surface area (Å²) in [5.41, 5.74) is 0.408. The van der Waals surface area contributed by atoms with Gasteiger partial charge in [-0.3, -0.25) is 13.9 Å². The zero-order valence-electron chi connectivity index (χ0n) is 23.3. The fourth-order valence-corrected chi connectivity index (χ4v) is 5.70. The van der Waals surface area contributed by atoms with Crippen LogP contribution >= 0.6 is 0 Å². The van der Waals surface area contributed by atoms with Crippen molar-refractivity contribution in [3.8, 4) is 11.5 Å². The molecule has 42 heavy (non-hydrogen) atoms. The van der Waals surface area contributed by atoms with Crippen LogP contribution in [0.2, 0.25) is 0 Å². The molecule has 0 aliphatic heterocycles. The van der Waals surface area contributed by atoms with Crippen LogP contribution in [0.4, 0.5) is 10.1 Å². The number of nitrogens with zero attached hydrogens (tertiary/aromatic N) is 2. The average Bonchev–Trinajstić information content (AvgIpc) is 3.00. The lowest BCUT2D eigenvalue weighted by Gasteiger charge is -2.32. The summed E-state index contributed by atoms with van der Waals surface area (Å²) in [7, 11) is -4.22. The van der Waals surface area contributed by atoms with Crippen LogP contribution in [-0.2, 0) is 26.2 Å². The van der Waals surface area contributed by atoms with Crippen molar-refractivity contribution >= 4 is 27.5 Å². The van der Waals surface area contributed by atoms with E-state index >= 15 is 0 Å². The van der Waals surface area contributed by atoms with Crippen LogP contribution in [0, 0.1) is 5.82 Å². The third kappa shape index (κ3) is 7.32. The van der Waals surface area contributed by atoms with Gasteiger partial charge in [-0.05, 0) is 68.4 Å². The molecule has 2 amide bonds. The van der Waals surface area contributed by atoms with E-state index < -0.39 is 40.2 Å². The average molecular weight is 590 g/mol. The molecule has 4 rings (SSSR count). The minimum Gasteiger partial charge on any atom is -0.457 e. The third-order valence-electron chi connectivity index (χ3n) is 6.53. The Balaban J connectivity index is 1.69. The normalized spacial score (nSPS) is 11.8. The van der Waals surface area contributed by atoms with Gasteiger partial charge in [0.25, 0.3) is 10.0 Å². The molecular formula is C32H32FN3O5S. The van der Waals surface area contributed by atoms with Gasteiger partial charge >= 0.3 is 0 Å². The molecule has 0 fully saturated rings. The number of sulfonamides is 1. The molecule has 0 spiro atoms. The van der Waals surface area contributed by atoms with Crippen LogP contribution in [-0.4, -0.2) is 44.3 Å². The summed E-state index contributed by atoms with van der Waals surface area (Å²) in [5.74, 6) is -0.582.